The number of halogens is 1. The van der Waals surface area contributed by atoms with E-state index in [9.17, 15) is 9.59 Å². The van der Waals surface area contributed by atoms with E-state index in [0.717, 1.165) is 22.4 Å². The Labute approximate surface area is 166 Å². The molecule has 0 radical (unpaired) electrons. The van der Waals surface area contributed by atoms with E-state index in [2.05, 4.69) is 45.1 Å². The summed E-state index contributed by atoms with van der Waals surface area (Å²) in [5, 5.41) is 0. The second kappa shape index (κ2) is 7.12. The third-order valence-corrected chi connectivity index (χ3v) is 6.46. The van der Waals surface area contributed by atoms with Crippen molar-refractivity contribution in [2.45, 2.75) is 10.4 Å². The van der Waals surface area contributed by atoms with Crippen LogP contribution in [0.3, 0.4) is 0 Å². The van der Waals surface area contributed by atoms with Gasteiger partial charge in [0.15, 0.2) is 6.29 Å². The van der Waals surface area contributed by atoms with Crippen molar-refractivity contribution in [2.75, 3.05) is 11.4 Å². The summed E-state index contributed by atoms with van der Waals surface area (Å²) in [6, 6.07) is 28.1. The Morgan fingerprint density at radius 1 is 0.889 bits per heavy atom. The van der Waals surface area contributed by atoms with E-state index in [1.165, 1.54) is 0 Å². The summed E-state index contributed by atoms with van der Waals surface area (Å²) in [7, 11) is 0. The van der Waals surface area contributed by atoms with Crippen LogP contribution >= 0.6 is 15.9 Å². The number of carbonyl (C=O) groups excluding carboxylic acids is 2. The predicted octanol–water partition coefficient (Wildman–Crippen LogP) is 4.65. The Kier molecular flexibility index (Phi) is 4.66. The van der Waals surface area contributed by atoms with E-state index in [0.29, 0.717) is 12.8 Å². The van der Waals surface area contributed by atoms with E-state index in [1.54, 1.807) is 0 Å². The molecular formula is C23H18BrNO2. The molecule has 0 amide bonds. The van der Waals surface area contributed by atoms with Crippen LogP contribution < -0.4 is 4.90 Å². The van der Waals surface area contributed by atoms with Crippen LogP contribution in [0.2, 0.25) is 0 Å². The maximum Gasteiger partial charge on any atom is 0.204 e. The van der Waals surface area contributed by atoms with Gasteiger partial charge in [0.2, 0.25) is 5.78 Å². The number of aldehydes is 1. The second-order valence-corrected chi connectivity index (χ2v) is 7.74. The summed E-state index contributed by atoms with van der Waals surface area (Å²) in [6.07, 6.45) is 0.436. The number of Topliss-reactive ketones (excluding diaryl/α,β-unsaturated/α-hetero) is 1. The Balaban J connectivity index is 1.92. The van der Waals surface area contributed by atoms with Crippen LogP contribution in [0.15, 0.2) is 84.9 Å². The number of anilines is 1. The van der Waals surface area contributed by atoms with Gasteiger partial charge in [-0.2, -0.15) is 0 Å². The Hall–Kier alpha value is -2.72. The second-order valence-electron chi connectivity index (χ2n) is 6.60. The number of alkyl halides is 1. The van der Waals surface area contributed by atoms with Crippen molar-refractivity contribution in [1.29, 1.82) is 0 Å². The van der Waals surface area contributed by atoms with Crippen LogP contribution in [0.4, 0.5) is 5.69 Å². The lowest BCUT2D eigenvalue weighted by molar-refractivity contribution is -0.130. The zero-order valence-corrected chi connectivity index (χ0v) is 16.2. The zero-order valence-electron chi connectivity index (χ0n) is 14.6. The van der Waals surface area contributed by atoms with Crippen LogP contribution in [0.5, 0.6) is 0 Å². The zero-order chi connectivity index (χ0) is 18.9. The third-order valence-electron chi connectivity index (χ3n) is 5.11. The van der Waals surface area contributed by atoms with Crippen LogP contribution in [0.25, 0.3) is 0 Å². The quantitative estimate of drug-likeness (QED) is 0.261. The summed E-state index contributed by atoms with van der Waals surface area (Å²) < 4.78 is -0.649. The van der Waals surface area contributed by atoms with E-state index < -0.39 is 10.4 Å². The Bertz CT molecular complexity index is 932. The Morgan fingerprint density at radius 3 is 1.96 bits per heavy atom. The van der Waals surface area contributed by atoms with Crippen LogP contribution in [-0.2, 0) is 14.0 Å². The number of fused-ring (bicyclic) bond motifs is 1. The standard InChI is InChI=1S/C23H18BrNO2/c24-23(17-9-3-1-4-10-17,18-11-5-2-6-12-18)25-15-20(22(27)16-26)19-13-7-8-14-21(19)25/h1-14,16,20H,15H2. The van der Waals surface area contributed by atoms with Gasteiger partial charge in [0, 0.05) is 12.2 Å². The van der Waals surface area contributed by atoms with Gasteiger partial charge in [-0.1, -0.05) is 94.8 Å². The molecule has 1 atom stereocenters. The highest BCUT2D eigenvalue weighted by molar-refractivity contribution is 9.09. The summed E-state index contributed by atoms with van der Waals surface area (Å²) in [4.78, 5) is 25.7. The molecule has 1 aliphatic rings. The first kappa shape index (κ1) is 17.7. The van der Waals surface area contributed by atoms with Gasteiger partial charge in [-0.15, -0.1) is 0 Å². The molecule has 0 saturated heterocycles. The maximum absolute atomic E-state index is 12.3. The van der Waals surface area contributed by atoms with Gasteiger partial charge in [-0.25, -0.2) is 0 Å². The molecular weight excluding hydrogens is 402 g/mol. The minimum atomic E-state index is -0.649. The summed E-state index contributed by atoms with van der Waals surface area (Å²) in [5.41, 5.74) is 3.97. The number of nitrogens with zero attached hydrogens (tertiary/aromatic N) is 1. The predicted molar refractivity (Wildman–Crippen MR) is 110 cm³/mol. The van der Waals surface area contributed by atoms with E-state index in [4.69, 9.17) is 0 Å². The minimum Gasteiger partial charge on any atom is -0.347 e. The lowest BCUT2D eigenvalue weighted by atomic mass is 9.96. The monoisotopic (exact) mass is 419 g/mol. The fourth-order valence-corrected chi connectivity index (χ4v) is 4.69. The van der Waals surface area contributed by atoms with E-state index in [-0.39, 0.29) is 5.78 Å². The van der Waals surface area contributed by atoms with Crippen molar-refractivity contribution in [2.24, 2.45) is 0 Å². The normalized spacial score (nSPS) is 16.0. The average molecular weight is 420 g/mol. The summed E-state index contributed by atoms with van der Waals surface area (Å²) in [5.74, 6) is -0.844. The molecule has 3 nitrogen and oxygen atoms in total. The molecule has 0 N–H and O–H groups in total. The number of ketones is 1. The topological polar surface area (TPSA) is 37.4 Å². The minimum absolute atomic E-state index is 0.388. The van der Waals surface area contributed by atoms with Crippen molar-refractivity contribution in [3.8, 4) is 0 Å². The molecule has 0 spiro atoms. The molecule has 0 bridgehead atoms. The molecule has 0 aromatic heterocycles. The van der Waals surface area contributed by atoms with Gasteiger partial charge in [0.25, 0.3) is 0 Å². The highest BCUT2D eigenvalue weighted by atomic mass is 79.9. The van der Waals surface area contributed by atoms with Gasteiger partial charge < -0.3 is 4.90 Å². The molecule has 0 fully saturated rings. The number of hydrogen-bond donors (Lipinski definition) is 0. The lowest BCUT2D eigenvalue weighted by Gasteiger charge is -2.40. The SMILES string of the molecule is O=CC(=O)C1CN(C(Br)(c2ccccc2)c2ccccc2)c2ccccc21. The first-order valence-corrected chi connectivity index (χ1v) is 9.61. The molecule has 3 aromatic rings. The van der Waals surface area contributed by atoms with Gasteiger partial charge >= 0.3 is 0 Å². The van der Waals surface area contributed by atoms with E-state index in [1.807, 2.05) is 60.7 Å². The van der Waals surface area contributed by atoms with Gasteiger partial charge in [0.1, 0.15) is 4.45 Å². The number of para-hydroxylation sites is 1. The molecule has 1 unspecified atom stereocenters. The van der Waals surface area contributed by atoms with Crippen LogP contribution in [0.1, 0.15) is 22.6 Å². The van der Waals surface area contributed by atoms with Crippen molar-refractivity contribution in [1.82, 2.24) is 0 Å². The molecule has 4 heteroatoms. The summed E-state index contributed by atoms with van der Waals surface area (Å²) in [6.45, 7) is 0.436. The van der Waals surface area contributed by atoms with Crippen LogP contribution in [-0.4, -0.2) is 18.6 Å². The average Bonchev–Trinajstić information content (AvgIpc) is 3.14. The molecule has 1 heterocycles. The molecule has 3 aromatic carbocycles. The summed E-state index contributed by atoms with van der Waals surface area (Å²) >= 11 is 4.02. The fraction of sp³-hybridized carbons (Fsp3) is 0.130. The Morgan fingerprint density at radius 2 is 1.41 bits per heavy atom. The number of hydrogen-bond acceptors (Lipinski definition) is 3. The fourth-order valence-electron chi connectivity index (χ4n) is 3.82. The van der Waals surface area contributed by atoms with Crippen LogP contribution in [0, 0.1) is 0 Å². The van der Waals surface area contributed by atoms with Crippen molar-refractivity contribution in [3.63, 3.8) is 0 Å². The third kappa shape index (κ3) is 2.90. The van der Waals surface area contributed by atoms with Crippen molar-refractivity contribution in [3.05, 3.63) is 102 Å². The van der Waals surface area contributed by atoms with Crippen molar-refractivity contribution < 1.29 is 9.59 Å². The van der Waals surface area contributed by atoms with E-state index >= 15 is 0 Å². The number of carbonyl (C=O) groups is 2. The largest absolute Gasteiger partial charge is 0.347 e. The van der Waals surface area contributed by atoms with Crippen molar-refractivity contribution >= 4 is 33.7 Å². The van der Waals surface area contributed by atoms with Gasteiger partial charge in [-0.3, -0.25) is 9.59 Å². The first-order chi connectivity index (χ1) is 13.2. The first-order valence-electron chi connectivity index (χ1n) is 8.82. The molecule has 134 valence electrons. The van der Waals surface area contributed by atoms with Gasteiger partial charge in [-0.05, 0) is 22.8 Å². The van der Waals surface area contributed by atoms with Gasteiger partial charge in [0.05, 0.1) is 5.92 Å². The number of rotatable bonds is 5. The molecule has 27 heavy (non-hydrogen) atoms. The highest BCUT2D eigenvalue weighted by Crippen LogP contribution is 2.50. The molecule has 0 saturated carbocycles. The number of benzene rings is 3. The smallest absolute Gasteiger partial charge is 0.204 e. The molecule has 1 aliphatic heterocycles. The highest BCUT2D eigenvalue weighted by Gasteiger charge is 2.45. The molecule has 4 rings (SSSR count). The maximum atomic E-state index is 12.3. The lowest BCUT2D eigenvalue weighted by Crippen LogP contribution is -2.42. The molecule has 0 aliphatic carbocycles.